The minimum atomic E-state index is -0.0680. The molecule has 1 amide bonds. The van der Waals surface area contributed by atoms with E-state index in [-0.39, 0.29) is 18.6 Å². The molecule has 0 saturated carbocycles. The second-order valence-corrected chi connectivity index (χ2v) is 6.84. The summed E-state index contributed by atoms with van der Waals surface area (Å²) in [6, 6.07) is 11.8. The van der Waals surface area contributed by atoms with E-state index in [4.69, 9.17) is 14.2 Å². The van der Waals surface area contributed by atoms with Crippen LogP contribution < -0.4 is 19.5 Å². The van der Waals surface area contributed by atoms with Crippen LogP contribution in [0, 0.1) is 5.92 Å². The van der Waals surface area contributed by atoms with E-state index in [2.05, 4.69) is 19.2 Å². The predicted molar refractivity (Wildman–Crippen MR) is 94.4 cm³/mol. The van der Waals surface area contributed by atoms with Crippen molar-refractivity contribution in [3.63, 3.8) is 0 Å². The molecule has 0 bridgehead atoms. The Labute approximate surface area is 146 Å². The van der Waals surface area contributed by atoms with Gasteiger partial charge in [-0.05, 0) is 23.6 Å². The molecule has 2 heterocycles. The van der Waals surface area contributed by atoms with Gasteiger partial charge >= 0.3 is 0 Å². The Balaban J connectivity index is 1.76. The van der Waals surface area contributed by atoms with E-state index in [1.165, 1.54) is 0 Å². The number of rotatable bonds is 4. The Morgan fingerprint density at radius 1 is 1.16 bits per heavy atom. The van der Waals surface area contributed by atoms with Gasteiger partial charge in [-0.25, -0.2) is 0 Å². The van der Waals surface area contributed by atoms with Crippen molar-refractivity contribution in [2.75, 3.05) is 18.7 Å². The molecule has 1 N–H and O–H groups in total. The number of ether oxygens (including phenoxy) is 3. The summed E-state index contributed by atoms with van der Waals surface area (Å²) in [5, 5.41) is 2.94. The number of fused-ring (bicyclic) bond motifs is 2. The molecule has 0 unspecified atom stereocenters. The average Bonchev–Trinajstić information content (AvgIpc) is 3.05. The fourth-order valence-corrected chi connectivity index (χ4v) is 3.28. The van der Waals surface area contributed by atoms with Gasteiger partial charge in [0, 0.05) is 29.7 Å². The first kappa shape index (κ1) is 15.8. The van der Waals surface area contributed by atoms with Gasteiger partial charge < -0.3 is 19.5 Å². The highest BCUT2D eigenvalue weighted by atomic mass is 16.7. The van der Waals surface area contributed by atoms with Gasteiger partial charge in [0.25, 0.3) is 0 Å². The van der Waals surface area contributed by atoms with E-state index < -0.39 is 0 Å². The van der Waals surface area contributed by atoms with Crippen LogP contribution in [0.25, 0.3) is 0 Å². The first-order valence-corrected chi connectivity index (χ1v) is 8.57. The van der Waals surface area contributed by atoms with Crippen molar-refractivity contribution in [3.8, 4) is 17.2 Å². The number of carbonyl (C=O) groups excluding carboxylic acids is 1. The molecule has 0 radical (unpaired) electrons. The zero-order valence-electron chi connectivity index (χ0n) is 14.4. The van der Waals surface area contributed by atoms with Gasteiger partial charge in [-0.15, -0.1) is 0 Å². The largest absolute Gasteiger partial charge is 0.493 e. The van der Waals surface area contributed by atoms with Crippen molar-refractivity contribution < 1.29 is 19.0 Å². The molecular weight excluding hydrogens is 318 g/mol. The third-order valence-corrected chi connectivity index (χ3v) is 4.45. The zero-order valence-corrected chi connectivity index (χ0v) is 14.4. The van der Waals surface area contributed by atoms with Crippen molar-refractivity contribution in [1.82, 2.24) is 0 Å². The Morgan fingerprint density at radius 2 is 1.92 bits per heavy atom. The van der Waals surface area contributed by atoms with Crippen LogP contribution in [0.4, 0.5) is 5.69 Å². The summed E-state index contributed by atoms with van der Waals surface area (Å²) >= 11 is 0. The van der Waals surface area contributed by atoms with Crippen LogP contribution in [0.1, 0.15) is 37.3 Å². The lowest BCUT2D eigenvalue weighted by Gasteiger charge is -2.27. The summed E-state index contributed by atoms with van der Waals surface area (Å²) in [5.74, 6) is 2.59. The first-order chi connectivity index (χ1) is 12.1. The second-order valence-electron chi connectivity index (χ2n) is 6.84. The quantitative estimate of drug-likeness (QED) is 0.917. The molecule has 130 valence electrons. The van der Waals surface area contributed by atoms with E-state index in [0.717, 1.165) is 28.3 Å². The predicted octanol–water partition coefficient (Wildman–Crippen LogP) is 3.92. The molecule has 0 saturated heterocycles. The van der Waals surface area contributed by atoms with Crippen LogP contribution >= 0.6 is 0 Å². The number of benzene rings is 2. The smallest absolute Gasteiger partial charge is 0.231 e. The molecule has 0 fully saturated rings. The number of amides is 1. The molecular formula is C20H21NO4. The summed E-state index contributed by atoms with van der Waals surface area (Å²) in [6.07, 6.45) is 0.384. The third-order valence-electron chi connectivity index (χ3n) is 4.45. The standard InChI is InChI=1S/C20H21NO4/c1-12(2)10-23-17-6-4-3-5-13(17)14-8-20(22)21-16-9-19-18(7-15(14)16)24-11-25-19/h3-7,9,12,14H,8,10-11H2,1-2H3,(H,21,22)/t14-/m0/s1. The monoisotopic (exact) mass is 339 g/mol. The van der Waals surface area contributed by atoms with Crippen LogP contribution in [-0.2, 0) is 4.79 Å². The summed E-state index contributed by atoms with van der Waals surface area (Å²) in [4.78, 5) is 12.3. The van der Waals surface area contributed by atoms with E-state index in [9.17, 15) is 4.79 Å². The number of anilines is 1. The maximum atomic E-state index is 12.3. The maximum absolute atomic E-state index is 12.3. The molecule has 2 aromatic rings. The average molecular weight is 339 g/mol. The SMILES string of the molecule is CC(C)COc1ccccc1[C@@H]1CC(=O)Nc2cc3c(cc21)OCO3. The first-order valence-electron chi connectivity index (χ1n) is 8.57. The number of carbonyl (C=O) groups is 1. The molecule has 0 aromatic heterocycles. The highest BCUT2D eigenvalue weighted by Gasteiger charge is 2.31. The Bertz CT molecular complexity index is 815. The molecule has 1 atom stereocenters. The highest BCUT2D eigenvalue weighted by Crippen LogP contribution is 2.46. The van der Waals surface area contributed by atoms with Gasteiger partial charge in [-0.3, -0.25) is 4.79 Å². The number of hydrogen-bond donors (Lipinski definition) is 1. The number of para-hydroxylation sites is 1. The molecule has 5 nitrogen and oxygen atoms in total. The van der Waals surface area contributed by atoms with Crippen LogP contribution in [-0.4, -0.2) is 19.3 Å². The van der Waals surface area contributed by atoms with Gasteiger partial charge in [0.1, 0.15) is 5.75 Å². The summed E-state index contributed by atoms with van der Waals surface area (Å²) in [5.41, 5.74) is 2.84. The van der Waals surface area contributed by atoms with Crippen molar-refractivity contribution >= 4 is 11.6 Å². The molecule has 0 aliphatic carbocycles. The number of nitrogens with one attached hydrogen (secondary N) is 1. The molecule has 2 aliphatic rings. The normalized spacial score (nSPS) is 18.0. The van der Waals surface area contributed by atoms with Crippen LogP contribution in [0.5, 0.6) is 17.2 Å². The lowest BCUT2D eigenvalue weighted by atomic mass is 9.84. The second kappa shape index (κ2) is 6.31. The van der Waals surface area contributed by atoms with Crippen LogP contribution in [0.2, 0.25) is 0 Å². The Morgan fingerprint density at radius 3 is 2.72 bits per heavy atom. The summed E-state index contributed by atoms with van der Waals surface area (Å²) < 4.78 is 17.0. The third kappa shape index (κ3) is 3.02. The molecule has 2 aliphatic heterocycles. The molecule has 4 rings (SSSR count). The molecule has 2 aromatic carbocycles. The lowest BCUT2D eigenvalue weighted by Crippen LogP contribution is -2.24. The van der Waals surface area contributed by atoms with Crippen molar-refractivity contribution in [3.05, 3.63) is 47.5 Å². The maximum Gasteiger partial charge on any atom is 0.231 e. The van der Waals surface area contributed by atoms with Gasteiger partial charge in [0.15, 0.2) is 11.5 Å². The van der Waals surface area contributed by atoms with Crippen molar-refractivity contribution in [2.45, 2.75) is 26.2 Å². The Hall–Kier alpha value is -2.69. The molecule has 5 heteroatoms. The van der Waals surface area contributed by atoms with Gasteiger partial charge in [0.2, 0.25) is 12.7 Å². The molecule has 0 spiro atoms. The summed E-state index contributed by atoms with van der Waals surface area (Å²) in [6.45, 7) is 5.09. The fraction of sp³-hybridized carbons (Fsp3) is 0.350. The zero-order chi connectivity index (χ0) is 17.4. The van der Waals surface area contributed by atoms with E-state index >= 15 is 0 Å². The van der Waals surface area contributed by atoms with E-state index in [1.54, 1.807) is 0 Å². The lowest BCUT2D eigenvalue weighted by molar-refractivity contribution is -0.116. The highest BCUT2D eigenvalue weighted by molar-refractivity contribution is 5.96. The Kier molecular flexibility index (Phi) is 3.99. The fourth-order valence-electron chi connectivity index (χ4n) is 3.28. The van der Waals surface area contributed by atoms with Gasteiger partial charge in [-0.1, -0.05) is 32.0 Å². The topological polar surface area (TPSA) is 56.8 Å². The van der Waals surface area contributed by atoms with Crippen LogP contribution in [0.15, 0.2) is 36.4 Å². The van der Waals surface area contributed by atoms with Gasteiger partial charge in [-0.2, -0.15) is 0 Å². The van der Waals surface area contributed by atoms with E-state index in [0.29, 0.717) is 24.7 Å². The minimum absolute atomic E-state index is 0.00460. The molecule has 25 heavy (non-hydrogen) atoms. The van der Waals surface area contributed by atoms with Crippen molar-refractivity contribution in [1.29, 1.82) is 0 Å². The minimum Gasteiger partial charge on any atom is -0.493 e. The summed E-state index contributed by atoms with van der Waals surface area (Å²) in [7, 11) is 0. The van der Waals surface area contributed by atoms with Crippen molar-refractivity contribution in [2.24, 2.45) is 5.92 Å². The van der Waals surface area contributed by atoms with Crippen LogP contribution in [0.3, 0.4) is 0 Å². The van der Waals surface area contributed by atoms with Gasteiger partial charge in [0.05, 0.1) is 6.61 Å². The van der Waals surface area contributed by atoms with E-state index in [1.807, 2.05) is 36.4 Å². The number of hydrogen-bond acceptors (Lipinski definition) is 4.